The third-order valence-electron chi connectivity index (χ3n) is 2.45. The van der Waals surface area contributed by atoms with Gasteiger partial charge in [0.1, 0.15) is 5.75 Å². The van der Waals surface area contributed by atoms with Crippen molar-refractivity contribution in [3.63, 3.8) is 0 Å². The van der Waals surface area contributed by atoms with Crippen molar-refractivity contribution < 1.29 is 9.47 Å². The molecular weight excluding hydrogens is 282 g/mol. The average Bonchev–Trinajstić information content (AvgIpc) is 2.31. The van der Waals surface area contributed by atoms with Crippen molar-refractivity contribution in [1.82, 2.24) is 5.32 Å². The normalized spacial score (nSPS) is 12.5. The molecule has 1 unspecified atom stereocenters. The van der Waals surface area contributed by atoms with Crippen LogP contribution in [0.3, 0.4) is 0 Å². The van der Waals surface area contributed by atoms with Crippen molar-refractivity contribution in [3.05, 3.63) is 28.2 Å². The summed E-state index contributed by atoms with van der Waals surface area (Å²) in [7, 11) is 0. The van der Waals surface area contributed by atoms with Crippen LogP contribution in [0, 0.1) is 0 Å². The van der Waals surface area contributed by atoms with Crippen LogP contribution in [0.15, 0.2) is 22.7 Å². The molecule has 1 aromatic rings. The molecule has 0 bridgehead atoms. The van der Waals surface area contributed by atoms with Crippen LogP contribution in [0.1, 0.15) is 32.4 Å². The summed E-state index contributed by atoms with van der Waals surface area (Å²) in [4.78, 5) is 0. The lowest BCUT2D eigenvalue weighted by Crippen LogP contribution is -2.19. The second kappa shape index (κ2) is 7.69. The molecule has 3 nitrogen and oxygen atoms in total. The second-order valence-electron chi connectivity index (χ2n) is 3.72. The van der Waals surface area contributed by atoms with E-state index in [0.29, 0.717) is 13.4 Å². The molecule has 0 fully saturated rings. The Morgan fingerprint density at radius 3 is 2.76 bits per heavy atom. The maximum Gasteiger partial charge on any atom is 0.189 e. The molecule has 0 saturated carbocycles. The topological polar surface area (TPSA) is 30.5 Å². The van der Waals surface area contributed by atoms with Crippen LogP contribution in [-0.4, -0.2) is 19.9 Å². The fourth-order valence-corrected chi connectivity index (χ4v) is 1.97. The van der Waals surface area contributed by atoms with Gasteiger partial charge in [-0.2, -0.15) is 0 Å². The minimum absolute atomic E-state index is 0.258. The quantitative estimate of drug-likeness (QED) is 0.618. The lowest BCUT2D eigenvalue weighted by Gasteiger charge is -2.18. The Balaban J connectivity index is 2.79. The minimum Gasteiger partial charge on any atom is -0.467 e. The van der Waals surface area contributed by atoms with E-state index in [4.69, 9.17) is 9.47 Å². The van der Waals surface area contributed by atoms with Crippen LogP contribution in [-0.2, 0) is 4.74 Å². The third-order valence-corrected chi connectivity index (χ3v) is 2.94. The summed E-state index contributed by atoms with van der Waals surface area (Å²) in [5, 5.41) is 3.38. The van der Waals surface area contributed by atoms with E-state index in [0.717, 1.165) is 22.3 Å². The standard InChI is InChI=1S/C13H20BrNO2/c1-4-15-10(3)12-8-11(14)6-7-13(12)17-9-16-5-2/h6-8,10,15H,4-5,9H2,1-3H3. The van der Waals surface area contributed by atoms with Gasteiger partial charge in [-0.05, 0) is 38.6 Å². The van der Waals surface area contributed by atoms with Crippen molar-refractivity contribution in [2.24, 2.45) is 0 Å². The highest BCUT2D eigenvalue weighted by Gasteiger charge is 2.11. The molecule has 0 spiro atoms. The van der Waals surface area contributed by atoms with Crippen molar-refractivity contribution in [3.8, 4) is 5.75 Å². The zero-order valence-electron chi connectivity index (χ0n) is 10.6. The molecule has 17 heavy (non-hydrogen) atoms. The van der Waals surface area contributed by atoms with Crippen molar-refractivity contribution in [1.29, 1.82) is 0 Å². The molecule has 1 atom stereocenters. The number of hydrogen-bond donors (Lipinski definition) is 1. The predicted molar refractivity (Wildman–Crippen MR) is 73.4 cm³/mol. The zero-order chi connectivity index (χ0) is 12.7. The number of rotatable bonds is 7. The fraction of sp³-hybridized carbons (Fsp3) is 0.538. The Labute approximate surface area is 112 Å². The van der Waals surface area contributed by atoms with Crippen LogP contribution >= 0.6 is 15.9 Å². The van der Waals surface area contributed by atoms with Gasteiger partial charge in [-0.25, -0.2) is 0 Å². The summed E-state index contributed by atoms with van der Waals surface area (Å²) in [6.45, 7) is 8.05. The van der Waals surface area contributed by atoms with E-state index in [2.05, 4.69) is 41.2 Å². The summed E-state index contributed by atoms with van der Waals surface area (Å²) in [5.74, 6) is 0.870. The van der Waals surface area contributed by atoms with Gasteiger partial charge in [0.05, 0.1) is 0 Å². The molecule has 0 aliphatic carbocycles. The highest BCUT2D eigenvalue weighted by Crippen LogP contribution is 2.28. The van der Waals surface area contributed by atoms with Crippen molar-refractivity contribution in [2.45, 2.75) is 26.8 Å². The van der Waals surface area contributed by atoms with E-state index in [9.17, 15) is 0 Å². The summed E-state index contributed by atoms with van der Waals surface area (Å²) in [6.07, 6.45) is 0. The monoisotopic (exact) mass is 301 g/mol. The molecule has 0 aromatic heterocycles. The Bertz CT molecular complexity index is 344. The first-order chi connectivity index (χ1) is 8.19. The molecule has 1 aromatic carbocycles. The molecule has 1 rings (SSSR count). The molecular formula is C13H20BrNO2. The van der Waals surface area contributed by atoms with Crippen molar-refractivity contribution in [2.75, 3.05) is 19.9 Å². The van der Waals surface area contributed by atoms with Crippen LogP contribution < -0.4 is 10.1 Å². The van der Waals surface area contributed by atoms with E-state index in [1.807, 2.05) is 19.1 Å². The van der Waals surface area contributed by atoms with Crippen LogP contribution in [0.5, 0.6) is 5.75 Å². The molecule has 0 aliphatic heterocycles. The summed E-state index contributed by atoms with van der Waals surface area (Å²) >= 11 is 3.48. The van der Waals surface area contributed by atoms with Crippen LogP contribution in [0.4, 0.5) is 0 Å². The van der Waals surface area contributed by atoms with Gasteiger partial charge in [0.2, 0.25) is 0 Å². The van der Waals surface area contributed by atoms with Gasteiger partial charge in [0.15, 0.2) is 6.79 Å². The zero-order valence-corrected chi connectivity index (χ0v) is 12.2. The number of nitrogens with one attached hydrogen (secondary N) is 1. The molecule has 0 saturated heterocycles. The predicted octanol–water partition coefficient (Wildman–Crippen LogP) is 3.49. The number of halogens is 1. The molecule has 96 valence electrons. The smallest absolute Gasteiger partial charge is 0.189 e. The molecule has 0 heterocycles. The van der Waals surface area contributed by atoms with Gasteiger partial charge in [-0.15, -0.1) is 0 Å². The number of benzene rings is 1. The maximum atomic E-state index is 5.62. The Kier molecular flexibility index (Phi) is 6.55. The van der Waals surface area contributed by atoms with Crippen LogP contribution in [0.25, 0.3) is 0 Å². The largest absolute Gasteiger partial charge is 0.467 e. The third kappa shape index (κ3) is 4.66. The van der Waals surface area contributed by atoms with Crippen LogP contribution in [0.2, 0.25) is 0 Å². The van der Waals surface area contributed by atoms with E-state index >= 15 is 0 Å². The first kappa shape index (κ1) is 14.5. The van der Waals surface area contributed by atoms with Gasteiger partial charge in [0, 0.05) is 22.7 Å². The molecule has 1 N–H and O–H groups in total. The van der Waals surface area contributed by atoms with Gasteiger partial charge < -0.3 is 14.8 Å². The van der Waals surface area contributed by atoms with Gasteiger partial charge in [0.25, 0.3) is 0 Å². The first-order valence-electron chi connectivity index (χ1n) is 5.92. The Morgan fingerprint density at radius 2 is 2.12 bits per heavy atom. The molecule has 0 aliphatic rings. The lowest BCUT2D eigenvalue weighted by molar-refractivity contribution is 0.0216. The van der Waals surface area contributed by atoms with Gasteiger partial charge >= 0.3 is 0 Å². The fourth-order valence-electron chi connectivity index (χ4n) is 1.59. The average molecular weight is 302 g/mol. The Hall–Kier alpha value is -0.580. The summed E-state index contributed by atoms with van der Waals surface area (Å²) in [5.41, 5.74) is 1.14. The molecule has 0 radical (unpaired) electrons. The van der Waals surface area contributed by atoms with Crippen molar-refractivity contribution >= 4 is 15.9 Å². The van der Waals surface area contributed by atoms with E-state index < -0.39 is 0 Å². The Morgan fingerprint density at radius 1 is 1.35 bits per heavy atom. The highest BCUT2D eigenvalue weighted by atomic mass is 79.9. The lowest BCUT2D eigenvalue weighted by atomic mass is 10.1. The molecule has 4 heteroatoms. The van der Waals surface area contributed by atoms with E-state index in [-0.39, 0.29) is 6.04 Å². The number of hydrogen-bond acceptors (Lipinski definition) is 3. The summed E-state index contributed by atoms with van der Waals surface area (Å²) < 4.78 is 11.9. The highest BCUT2D eigenvalue weighted by molar-refractivity contribution is 9.10. The first-order valence-corrected chi connectivity index (χ1v) is 6.71. The van der Waals surface area contributed by atoms with E-state index in [1.165, 1.54) is 0 Å². The maximum absolute atomic E-state index is 5.62. The SMILES string of the molecule is CCNC(C)c1cc(Br)ccc1OCOCC. The van der Waals surface area contributed by atoms with Gasteiger partial charge in [-0.3, -0.25) is 0 Å². The summed E-state index contributed by atoms with van der Waals surface area (Å²) in [6, 6.07) is 6.28. The van der Waals surface area contributed by atoms with E-state index in [1.54, 1.807) is 0 Å². The second-order valence-corrected chi connectivity index (χ2v) is 4.63. The molecule has 0 amide bonds. The van der Waals surface area contributed by atoms with Gasteiger partial charge in [-0.1, -0.05) is 22.9 Å². The number of ether oxygens (including phenoxy) is 2. The minimum atomic E-state index is 0.258.